The molecule has 0 N–H and O–H groups in total. The lowest BCUT2D eigenvalue weighted by molar-refractivity contribution is 1.12. The summed E-state index contributed by atoms with van der Waals surface area (Å²) in [5.74, 6) is 0. The zero-order valence-electron chi connectivity index (χ0n) is 6.57. The van der Waals surface area contributed by atoms with E-state index in [4.69, 9.17) is 11.6 Å². The zero-order valence-corrected chi connectivity index (χ0v) is 8.91. The quantitative estimate of drug-likeness (QED) is 0.641. The van der Waals surface area contributed by atoms with Crippen molar-refractivity contribution >= 4 is 27.5 Å². The Bertz CT molecular complexity index is 256. The molecule has 0 aliphatic rings. The topological polar surface area (TPSA) is 0 Å². The lowest BCUT2D eigenvalue weighted by Gasteiger charge is -2.06. The van der Waals surface area contributed by atoms with Crippen LogP contribution >= 0.6 is 27.5 Å². The van der Waals surface area contributed by atoms with Crippen molar-refractivity contribution < 1.29 is 0 Å². The second kappa shape index (κ2) is 3.59. The molecule has 0 aromatic heterocycles. The van der Waals surface area contributed by atoms with E-state index in [1.807, 2.05) is 13.0 Å². The smallest absolute Gasteiger partial charge is 0.0451 e. The summed E-state index contributed by atoms with van der Waals surface area (Å²) in [6.07, 6.45) is 0. The summed E-state index contributed by atoms with van der Waals surface area (Å²) in [4.78, 5) is 0.329. The average Bonchev–Trinajstić information content (AvgIpc) is 1.85. The van der Waals surface area contributed by atoms with E-state index < -0.39 is 0 Å². The van der Waals surface area contributed by atoms with Gasteiger partial charge in [0.15, 0.2) is 0 Å². The van der Waals surface area contributed by atoms with Crippen LogP contribution in [0.2, 0.25) is 5.02 Å². The molecule has 1 aromatic rings. The first-order valence-corrected chi connectivity index (χ1v) is 4.80. The van der Waals surface area contributed by atoms with E-state index in [9.17, 15) is 0 Å². The minimum Gasteiger partial charge on any atom is -0.0841 e. The minimum absolute atomic E-state index is 0.329. The molecule has 2 heteroatoms. The summed E-state index contributed by atoms with van der Waals surface area (Å²) in [6, 6.07) is 6.10. The lowest BCUT2D eigenvalue weighted by atomic mass is 10.1. The SMILES string of the molecule is Cc1ccc(C(C)Br)c(Cl)c1. The maximum atomic E-state index is 5.99. The second-order valence-corrected chi connectivity index (χ2v) is 4.42. The van der Waals surface area contributed by atoms with Gasteiger partial charge >= 0.3 is 0 Å². The van der Waals surface area contributed by atoms with Crippen LogP contribution in [0, 0.1) is 6.92 Å². The molecular formula is C9H10BrCl. The zero-order chi connectivity index (χ0) is 8.43. The van der Waals surface area contributed by atoms with Gasteiger partial charge in [0.05, 0.1) is 0 Å². The van der Waals surface area contributed by atoms with Gasteiger partial charge in [-0.05, 0) is 31.0 Å². The van der Waals surface area contributed by atoms with Crippen LogP contribution in [-0.4, -0.2) is 0 Å². The van der Waals surface area contributed by atoms with Gasteiger partial charge in [0.1, 0.15) is 0 Å². The van der Waals surface area contributed by atoms with E-state index in [1.165, 1.54) is 5.56 Å². The molecule has 1 rings (SSSR count). The molecule has 0 amide bonds. The lowest BCUT2D eigenvalue weighted by Crippen LogP contribution is -1.85. The number of benzene rings is 1. The Kier molecular flexibility index (Phi) is 2.97. The van der Waals surface area contributed by atoms with Gasteiger partial charge in [0.2, 0.25) is 0 Å². The van der Waals surface area contributed by atoms with Gasteiger partial charge < -0.3 is 0 Å². The molecule has 0 radical (unpaired) electrons. The molecule has 0 saturated carbocycles. The molecule has 0 nitrogen and oxygen atoms in total. The van der Waals surface area contributed by atoms with Gasteiger partial charge in [-0.3, -0.25) is 0 Å². The monoisotopic (exact) mass is 232 g/mol. The maximum Gasteiger partial charge on any atom is 0.0451 e. The van der Waals surface area contributed by atoms with Crippen molar-refractivity contribution in [2.24, 2.45) is 0 Å². The summed E-state index contributed by atoms with van der Waals surface area (Å²) >= 11 is 9.47. The predicted octanol–water partition coefficient (Wildman–Crippen LogP) is 4.10. The van der Waals surface area contributed by atoms with Gasteiger partial charge in [-0.1, -0.05) is 39.7 Å². The summed E-state index contributed by atoms with van der Waals surface area (Å²) in [5, 5.41) is 0.842. The first-order chi connectivity index (χ1) is 5.11. The van der Waals surface area contributed by atoms with Crippen LogP contribution in [0.1, 0.15) is 22.9 Å². The minimum atomic E-state index is 0.329. The fourth-order valence-corrected chi connectivity index (χ4v) is 1.88. The number of hydrogen-bond donors (Lipinski definition) is 0. The molecule has 1 atom stereocenters. The number of halogens is 2. The Morgan fingerprint density at radius 1 is 1.45 bits per heavy atom. The summed E-state index contributed by atoms with van der Waals surface area (Å²) in [5.41, 5.74) is 2.35. The number of rotatable bonds is 1. The maximum absolute atomic E-state index is 5.99. The van der Waals surface area contributed by atoms with Gasteiger partial charge in [-0.25, -0.2) is 0 Å². The molecule has 1 aromatic carbocycles. The Hall–Kier alpha value is -0.0100. The molecule has 0 bridgehead atoms. The van der Waals surface area contributed by atoms with Gasteiger partial charge in [0, 0.05) is 9.85 Å². The van der Waals surface area contributed by atoms with Crippen LogP contribution < -0.4 is 0 Å². The van der Waals surface area contributed by atoms with Crippen molar-refractivity contribution in [3.05, 3.63) is 34.3 Å². The fraction of sp³-hybridized carbons (Fsp3) is 0.333. The Morgan fingerprint density at radius 3 is 2.55 bits per heavy atom. The molecule has 1 unspecified atom stereocenters. The molecule has 0 aliphatic heterocycles. The standard InChI is InChI=1S/C9H10BrCl/c1-6-3-4-8(7(2)10)9(11)5-6/h3-5,7H,1-2H3. The van der Waals surface area contributed by atoms with Crippen molar-refractivity contribution in [3.63, 3.8) is 0 Å². The first kappa shape index (κ1) is 9.08. The molecule has 0 fully saturated rings. The summed E-state index contributed by atoms with van der Waals surface area (Å²) in [7, 11) is 0. The number of hydrogen-bond acceptors (Lipinski definition) is 0. The predicted molar refractivity (Wildman–Crippen MR) is 53.5 cm³/mol. The fourth-order valence-electron chi connectivity index (χ4n) is 0.955. The molecule has 0 spiro atoms. The van der Waals surface area contributed by atoms with E-state index in [0.717, 1.165) is 10.6 Å². The van der Waals surface area contributed by atoms with E-state index in [2.05, 4.69) is 35.0 Å². The molecule has 60 valence electrons. The average molecular weight is 234 g/mol. The molecule has 0 aliphatic carbocycles. The second-order valence-electron chi connectivity index (χ2n) is 2.64. The molecule has 11 heavy (non-hydrogen) atoms. The Balaban J connectivity index is 3.09. The Labute approximate surface area is 80.7 Å². The molecule has 0 heterocycles. The van der Waals surface area contributed by atoms with Gasteiger partial charge in [-0.2, -0.15) is 0 Å². The third-order valence-electron chi connectivity index (χ3n) is 1.58. The third-order valence-corrected chi connectivity index (χ3v) is 2.41. The number of aryl methyl sites for hydroxylation is 1. The largest absolute Gasteiger partial charge is 0.0841 e. The number of alkyl halides is 1. The van der Waals surface area contributed by atoms with E-state index in [-0.39, 0.29) is 0 Å². The summed E-state index contributed by atoms with van der Waals surface area (Å²) in [6.45, 7) is 4.10. The van der Waals surface area contributed by atoms with Crippen molar-refractivity contribution in [1.82, 2.24) is 0 Å². The van der Waals surface area contributed by atoms with Crippen LogP contribution in [0.3, 0.4) is 0 Å². The van der Waals surface area contributed by atoms with Crippen LogP contribution in [0.4, 0.5) is 0 Å². The van der Waals surface area contributed by atoms with Crippen LogP contribution in [0.5, 0.6) is 0 Å². The van der Waals surface area contributed by atoms with Crippen molar-refractivity contribution in [1.29, 1.82) is 0 Å². The highest BCUT2D eigenvalue weighted by molar-refractivity contribution is 9.09. The normalized spacial score (nSPS) is 13.1. The highest BCUT2D eigenvalue weighted by Gasteiger charge is 2.04. The van der Waals surface area contributed by atoms with Crippen LogP contribution in [-0.2, 0) is 0 Å². The third kappa shape index (κ3) is 2.21. The first-order valence-electron chi connectivity index (χ1n) is 3.51. The summed E-state index contributed by atoms with van der Waals surface area (Å²) < 4.78 is 0. The van der Waals surface area contributed by atoms with Crippen molar-refractivity contribution in [3.8, 4) is 0 Å². The Morgan fingerprint density at radius 2 is 2.09 bits per heavy atom. The van der Waals surface area contributed by atoms with Gasteiger partial charge in [0.25, 0.3) is 0 Å². The van der Waals surface area contributed by atoms with Crippen molar-refractivity contribution in [2.75, 3.05) is 0 Å². The van der Waals surface area contributed by atoms with Crippen molar-refractivity contribution in [2.45, 2.75) is 18.7 Å². The molecular weight excluding hydrogens is 223 g/mol. The molecule has 0 saturated heterocycles. The van der Waals surface area contributed by atoms with E-state index in [0.29, 0.717) is 4.83 Å². The highest BCUT2D eigenvalue weighted by atomic mass is 79.9. The van der Waals surface area contributed by atoms with E-state index in [1.54, 1.807) is 0 Å². The van der Waals surface area contributed by atoms with E-state index >= 15 is 0 Å². The van der Waals surface area contributed by atoms with Gasteiger partial charge in [-0.15, -0.1) is 0 Å². The van der Waals surface area contributed by atoms with Crippen LogP contribution in [0.25, 0.3) is 0 Å². The van der Waals surface area contributed by atoms with Crippen LogP contribution in [0.15, 0.2) is 18.2 Å². The highest BCUT2D eigenvalue weighted by Crippen LogP contribution is 2.29.